The SMILES string of the molecule is CN=Cc1cc(F)c(NC(CC(=O)O)C(C)(C)c2ccccn2)nc1-c1c[nH]c2ncc(Cl)cc12. The second-order valence-electron chi connectivity index (χ2n) is 8.63. The van der Waals surface area contributed by atoms with Crippen molar-refractivity contribution in [2.75, 3.05) is 12.4 Å². The molecule has 4 rings (SSSR count). The molecule has 0 saturated heterocycles. The van der Waals surface area contributed by atoms with Crippen LogP contribution in [-0.4, -0.2) is 50.3 Å². The smallest absolute Gasteiger partial charge is 0.305 e. The Balaban J connectivity index is 1.83. The van der Waals surface area contributed by atoms with Crippen LogP contribution in [0.15, 0.2) is 53.9 Å². The predicted molar refractivity (Wildman–Crippen MR) is 135 cm³/mol. The van der Waals surface area contributed by atoms with Crippen molar-refractivity contribution in [1.29, 1.82) is 0 Å². The number of carboxylic acid groups (broad SMARTS) is 1. The maximum absolute atomic E-state index is 15.3. The Morgan fingerprint density at radius 3 is 2.83 bits per heavy atom. The van der Waals surface area contributed by atoms with E-state index in [0.29, 0.717) is 38.6 Å². The van der Waals surface area contributed by atoms with Crippen LogP contribution in [0.4, 0.5) is 10.2 Å². The summed E-state index contributed by atoms with van der Waals surface area (Å²) >= 11 is 6.16. The summed E-state index contributed by atoms with van der Waals surface area (Å²) < 4.78 is 15.3. The molecule has 35 heavy (non-hydrogen) atoms. The normalized spacial score (nSPS) is 12.8. The molecule has 8 nitrogen and oxygen atoms in total. The lowest BCUT2D eigenvalue weighted by Gasteiger charge is -2.34. The van der Waals surface area contributed by atoms with E-state index in [2.05, 4.69) is 30.2 Å². The number of carboxylic acids is 1. The molecule has 4 aromatic heterocycles. The molecule has 0 saturated carbocycles. The number of halogens is 2. The Morgan fingerprint density at radius 1 is 1.34 bits per heavy atom. The molecule has 10 heteroatoms. The van der Waals surface area contributed by atoms with Crippen LogP contribution in [0.1, 0.15) is 31.5 Å². The highest BCUT2D eigenvalue weighted by molar-refractivity contribution is 6.31. The largest absolute Gasteiger partial charge is 0.481 e. The third-order valence-electron chi connectivity index (χ3n) is 5.91. The van der Waals surface area contributed by atoms with Gasteiger partial charge in [-0.25, -0.2) is 14.4 Å². The molecule has 4 heterocycles. The monoisotopic (exact) mass is 494 g/mol. The van der Waals surface area contributed by atoms with Crippen LogP contribution in [0.5, 0.6) is 0 Å². The van der Waals surface area contributed by atoms with E-state index in [0.717, 1.165) is 0 Å². The van der Waals surface area contributed by atoms with E-state index in [4.69, 9.17) is 11.6 Å². The highest BCUT2D eigenvalue weighted by atomic mass is 35.5. The second-order valence-corrected chi connectivity index (χ2v) is 9.06. The van der Waals surface area contributed by atoms with E-state index in [1.807, 2.05) is 26.0 Å². The van der Waals surface area contributed by atoms with Crippen LogP contribution in [0.25, 0.3) is 22.3 Å². The molecule has 1 unspecified atom stereocenters. The first-order valence-corrected chi connectivity index (χ1v) is 11.2. The summed E-state index contributed by atoms with van der Waals surface area (Å²) in [5, 5.41) is 13.8. The quantitative estimate of drug-likeness (QED) is 0.294. The Morgan fingerprint density at radius 2 is 2.14 bits per heavy atom. The van der Waals surface area contributed by atoms with E-state index < -0.39 is 23.2 Å². The number of pyridine rings is 3. The van der Waals surface area contributed by atoms with Crippen molar-refractivity contribution in [1.82, 2.24) is 19.9 Å². The Labute approximate surface area is 206 Å². The number of H-pyrrole nitrogens is 1. The number of nitrogens with zero attached hydrogens (tertiary/aromatic N) is 4. The molecule has 0 spiro atoms. The number of carbonyl (C=O) groups is 1. The van der Waals surface area contributed by atoms with Crippen molar-refractivity contribution >= 4 is 40.6 Å². The zero-order chi connectivity index (χ0) is 25.2. The third-order valence-corrected chi connectivity index (χ3v) is 6.12. The minimum absolute atomic E-state index is 0.0761. The minimum atomic E-state index is -1.03. The first-order chi connectivity index (χ1) is 16.7. The summed E-state index contributed by atoms with van der Waals surface area (Å²) in [7, 11) is 1.58. The van der Waals surface area contributed by atoms with Crippen molar-refractivity contribution in [2.45, 2.75) is 31.7 Å². The molecule has 0 aliphatic carbocycles. The number of hydrogen-bond donors (Lipinski definition) is 3. The fraction of sp³-hybridized carbons (Fsp3) is 0.240. The summed E-state index contributed by atoms with van der Waals surface area (Å²) in [6.45, 7) is 3.72. The van der Waals surface area contributed by atoms with Crippen LogP contribution in [-0.2, 0) is 10.2 Å². The molecular weight excluding hydrogens is 471 g/mol. The number of anilines is 1. The molecule has 0 fully saturated rings. The molecule has 0 bridgehead atoms. The van der Waals surface area contributed by atoms with Gasteiger partial charge in [0.1, 0.15) is 5.65 Å². The fourth-order valence-corrected chi connectivity index (χ4v) is 4.14. The summed E-state index contributed by atoms with van der Waals surface area (Å²) in [5.41, 5.74) is 2.08. The maximum Gasteiger partial charge on any atom is 0.305 e. The minimum Gasteiger partial charge on any atom is -0.481 e. The van der Waals surface area contributed by atoms with Gasteiger partial charge in [0.05, 0.1) is 17.1 Å². The number of nitrogens with one attached hydrogen (secondary N) is 2. The Kier molecular flexibility index (Phi) is 6.79. The lowest BCUT2D eigenvalue weighted by atomic mass is 9.79. The van der Waals surface area contributed by atoms with Gasteiger partial charge in [-0.3, -0.25) is 14.8 Å². The number of fused-ring (bicyclic) bond motifs is 1. The van der Waals surface area contributed by atoms with Gasteiger partial charge in [-0.05, 0) is 24.3 Å². The molecule has 0 radical (unpaired) electrons. The van der Waals surface area contributed by atoms with Crippen LogP contribution in [0, 0.1) is 5.82 Å². The number of aromatic amines is 1. The van der Waals surface area contributed by atoms with Gasteiger partial charge in [0.25, 0.3) is 0 Å². The zero-order valence-electron chi connectivity index (χ0n) is 19.4. The molecule has 180 valence electrons. The van der Waals surface area contributed by atoms with E-state index in [-0.39, 0.29) is 12.2 Å². The van der Waals surface area contributed by atoms with Crippen molar-refractivity contribution < 1.29 is 14.3 Å². The summed E-state index contributed by atoms with van der Waals surface area (Å²) in [6.07, 6.45) is 6.13. The lowest BCUT2D eigenvalue weighted by molar-refractivity contribution is -0.137. The van der Waals surface area contributed by atoms with Crippen LogP contribution < -0.4 is 5.32 Å². The van der Waals surface area contributed by atoms with Gasteiger partial charge < -0.3 is 15.4 Å². The number of hydrogen-bond acceptors (Lipinski definition) is 6. The Hall–Kier alpha value is -3.85. The van der Waals surface area contributed by atoms with Crippen molar-refractivity contribution in [3.05, 3.63) is 71.0 Å². The van der Waals surface area contributed by atoms with Crippen molar-refractivity contribution in [2.24, 2.45) is 4.99 Å². The van der Waals surface area contributed by atoms with Gasteiger partial charge in [0.2, 0.25) is 0 Å². The van der Waals surface area contributed by atoms with E-state index in [1.165, 1.54) is 18.5 Å². The average molecular weight is 495 g/mol. The van der Waals surface area contributed by atoms with Gasteiger partial charge in [0, 0.05) is 65.5 Å². The Bertz CT molecular complexity index is 1400. The summed E-state index contributed by atoms with van der Waals surface area (Å²) in [5.74, 6) is -1.74. The van der Waals surface area contributed by atoms with Gasteiger partial charge in [-0.1, -0.05) is 31.5 Å². The number of aliphatic carboxylic acids is 1. The topological polar surface area (TPSA) is 116 Å². The molecule has 0 aliphatic rings. The molecule has 0 aliphatic heterocycles. The van der Waals surface area contributed by atoms with Crippen molar-refractivity contribution in [3.8, 4) is 11.3 Å². The highest BCUT2D eigenvalue weighted by Crippen LogP contribution is 2.34. The van der Waals surface area contributed by atoms with Gasteiger partial charge in [-0.2, -0.15) is 0 Å². The highest BCUT2D eigenvalue weighted by Gasteiger charge is 2.35. The molecular formula is C25H24ClFN6O2. The van der Waals surface area contributed by atoms with Crippen LogP contribution >= 0.6 is 11.6 Å². The number of aromatic nitrogens is 4. The zero-order valence-corrected chi connectivity index (χ0v) is 20.1. The van der Waals surface area contributed by atoms with Crippen molar-refractivity contribution in [3.63, 3.8) is 0 Å². The van der Waals surface area contributed by atoms with Gasteiger partial charge >= 0.3 is 5.97 Å². The summed E-state index contributed by atoms with van der Waals surface area (Å²) in [4.78, 5) is 32.1. The molecule has 1 atom stereocenters. The average Bonchev–Trinajstić information content (AvgIpc) is 3.23. The van der Waals surface area contributed by atoms with Crippen LogP contribution in [0.2, 0.25) is 5.02 Å². The number of rotatable bonds is 8. The first kappa shape index (κ1) is 24.3. The predicted octanol–water partition coefficient (Wildman–Crippen LogP) is 5.09. The van der Waals surface area contributed by atoms with E-state index in [1.54, 1.807) is 31.6 Å². The molecule has 4 aromatic rings. The second kappa shape index (κ2) is 9.79. The number of aliphatic imine (C=N–C) groups is 1. The third kappa shape index (κ3) is 5.00. The first-order valence-electron chi connectivity index (χ1n) is 10.9. The molecule has 0 amide bonds. The lowest BCUT2D eigenvalue weighted by Crippen LogP contribution is -2.42. The van der Waals surface area contributed by atoms with E-state index >= 15 is 4.39 Å². The standard InChI is InChI=1S/C25H24ClFN6O2/c1-25(2,19-6-4-5-7-29-19)20(10-21(34)35)32-24-18(27)8-14(11-28-3)22(33-24)17-13-31-23-16(17)9-15(26)12-30-23/h4-9,11-13,20H,10H2,1-3H3,(H,30,31)(H,32,33)(H,34,35). The van der Waals surface area contributed by atoms with Crippen LogP contribution in [0.3, 0.4) is 0 Å². The van der Waals surface area contributed by atoms with Gasteiger partial charge in [0.15, 0.2) is 11.6 Å². The maximum atomic E-state index is 15.3. The summed E-state index contributed by atoms with van der Waals surface area (Å²) in [6, 6.07) is 7.78. The van der Waals surface area contributed by atoms with E-state index in [9.17, 15) is 9.90 Å². The molecule has 0 aromatic carbocycles. The molecule has 3 N–H and O–H groups in total. The van der Waals surface area contributed by atoms with Gasteiger partial charge in [-0.15, -0.1) is 0 Å². The fourth-order valence-electron chi connectivity index (χ4n) is 3.98.